The molecule has 2 heterocycles. The molecule has 0 aliphatic carbocycles. The predicted octanol–water partition coefficient (Wildman–Crippen LogP) is 1.22. The predicted molar refractivity (Wildman–Crippen MR) is 81.3 cm³/mol. The normalized spacial score (nSPS) is 10.7. The molecule has 2 aromatic heterocycles. The molecule has 0 bridgehead atoms. The number of likely N-dealkylation sites (N-methyl/N-ethyl adjacent to an activating group) is 1. The molecule has 0 fully saturated rings. The lowest BCUT2D eigenvalue weighted by Crippen LogP contribution is -2.32. The van der Waals surface area contributed by atoms with E-state index in [2.05, 4.69) is 26.1 Å². The number of rotatable bonds is 6. The van der Waals surface area contributed by atoms with Gasteiger partial charge in [0.15, 0.2) is 0 Å². The van der Waals surface area contributed by atoms with Crippen LogP contribution in [0.1, 0.15) is 23.1 Å². The van der Waals surface area contributed by atoms with Crippen molar-refractivity contribution in [2.75, 3.05) is 7.05 Å². The number of carbonyl (C=O) groups excluding carboxylic acids is 1. The van der Waals surface area contributed by atoms with E-state index in [4.69, 9.17) is 5.11 Å². The summed E-state index contributed by atoms with van der Waals surface area (Å²) in [5, 5.41) is 17.1. The van der Waals surface area contributed by atoms with Crippen LogP contribution in [0.5, 0.6) is 0 Å². The highest BCUT2D eigenvalue weighted by Gasteiger charge is 2.18. The van der Waals surface area contributed by atoms with E-state index in [1.54, 1.807) is 17.9 Å². The lowest BCUT2D eigenvalue weighted by molar-refractivity contribution is -0.131. The van der Waals surface area contributed by atoms with Gasteiger partial charge in [-0.1, -0.05) is 0 Å². The van der Waals surface area contributed by atoms with Crippen molar-refractivity contribution in [3.63, 3.8) is 0 Å². The first-order chi connectivity index (χ1) is 10.4. The van der Waals surface area contributed by atoms with Crippen LogP contribution in [0, 0.1) is 0 Å². The minimum absolute atomic E-state index is 0.0125. The lowest BCUT2D eigenvalue weighted by Gasteiger charge is -2.18. The highest BCUT2D eigenvalue weighted by Crippen LogP contribution is 2.17. The first kappa shape index (κ1) is 16.2. The van der Waals surface area contributed by atoms with E-state index in [0.717, 1.165) is 10.2 Å². The average molecular weight is 370 g/mol. The number of amides is 1. The molecule has 2 aromatic rings. The Labute approximate surface area is 135 Å². The van der Waals surface area contributed by atoms with Gasteiger partial charge in [-0.25, -0.2) is 9.48 Å². The average Bonchev–Trinajstić information content (AvgIpc) is 3.06. The number of hydrogen-bond acceptors (Lipinski definition) is 4. The Morgan fingerprint density at radius 3 is 2.73 bits per heavy atom. The topological polar surface area (TPSA) is 93.3 Å². The van der Waals surface area contributed by atoms with Crippen molar-refractivity contribution in [1.82, 2.24) is 24.5 Å². The van der Waals surface area contributed by atoms with Crippen LogP contribution in [0.4, 0.5) is 0 Å². The number of halogens is 1. The zero-order valence-corrected chi connectivity index (χ0v) is 13.8. The minimum Gasteiger partial charge on any atom is -0.477 e. The molecule has 8 nitrogen and oxygen atoms in total. The number of aromatic carboxylic acids is 1. The number of aromatic nitrogens is 4. The number of carboxylic acid groups (broad SMARTS) is 1. The van der Waals surface area contributed by atoms with Crippen molar-refractivity contribution in [3.8, 4) is 0 Å². The van der Waals surface area contributed by atoms with Crippen molar-refractivity contribution in [1.29, 1.82) is 0 Å². The lowest BCUT2D eigenvalue weighted by atomic mass is 10.3. The molecule has 1 N–H and O–H groups in total. The van der Waals surface area contributed by atoms with E-state index in [0.29, 0.717) is 13.1 Å². The van der Waals surface area contributed by atoms with Gasteiger partial charge in [0.1, 0.15) is 12.2 Å². The molecule has 9 heteroatoms. The number of nitrogens with zero attached hydrogens (tertiary/aromatic N) is 5. The molecule has 118 valence electrons. The number of hydrogen-bond donors (Lipinski definition) is 1. The molecular formula is C13H16BrN5O3. The summed E-state index contributed by atoms with van der Waals surface area (Å²) in [5.74, 6) is -1.35. The largest absolute Gasteiger partial charge is 0.477 e. The molecule has 22 heavy (non-hydrogen) atoms. The van der Waals surface area contributed by atoms with Crippen LogP contribution in [0.15, 0.2) is 22.9 Å². The second kappa shape index (κ2) is 6.73. The standard InChI is InChI=1S/C13H16BrN5O3/c1-3-18-11(9(14)6-16-18)7-17(2)12(20)8-19-10(13(21)22)4-5-15-19/h4-6H,3,7-8H2,1-2H3,(H,21,22). The molecule has 0 atom stereocenters. The molecule has 0 saturated heterocycles. The Morgan fingerprint density at radius 2 is 2.09 bits per heavy atom. The van der Waals surface area contributed by atoms with Crippen LogP contribution in [-0.2, 0) is 24.4 Å². The van der Waals surface area contributed by atoms with Gasteiger partial charge in [0, 0.05) is 19.8 Å². The first-order valence-corrected chi connectivity index (χ1v) is 7.42. The van der Waals surface area contributed by atoms with Gasteiger partial charge in [-0.2, -0.15) is 10.2 Å². The molecule has 0 unspecified atom stereocenters. The van der Waals surface area contributed by atoms with Crippen LogP contribution in [0.25, 0.3) is 0 Å². The SMILES string of the molecule is CCn1ncc(Br)c1CN(C)C(=O)Cn1nccc1C(=O)O. The highest BCUT2D eigenvalue weighted by atomic mass is 79.9. The molecule has 0 saturated carbocycles. The van der Waals surface area contributed by atoms with Crippen LogP contribution in [-0.4, -0.2) is 48.5 Å². The molecule has 0 radical (unpaired) electrons. The Kier molecular flexibility index (Phi) is 4.96. The molecule has 1 amide bonds. The summed E-state index contributed by atoms with van der Waals surface area (Å²) < 4.78 is 3.80. The Bertz CT molecular complexity index is 694. The summed E-state index contributed by atoms with van der Waals surface area (Å²) in [6.07, 6.45) is 3.05. The van der Waals surface area contributed by atoms with E-state index in [-0.39, 0.29) is 18.1 Å². The van der Waals surface area contributed by atoms with Crippen LogP contribution in [0.2, 0.25) is 0 Å². The van der Waals surface area contributed by atoms with E-state index >= 15 is 0 Å². The third-order valence-corrected chi connectivity index (χ3v) is 3.89. The minimum atomic E-state index is -1.11. The highest BCUT2D eigenvalue weighted by molar-refractivity contribution is 9.10. The zero-order chi connectivity index (χ0) is 16.3. The van der Waals surface area contributed by atoms with Crippen molar-refractivity contribution in [3.05, 3.63) is 34.3 Å². The maximum atomic E-state index is 12.2. The number of carboxylic acids is 1. The Hall–Kier alpha value is -2.16. The fourth-order valence-electron chi connectivity index (χ4n) is 2.02. The fourth-order valence-corrected chi connectivity index (χ4v) is 2.44. The van der Waals surface area contributed by atoms with Gasteiger partial charge in [-0.05, 0) is 28.9 Å². The molecule has 0 aliphatic rings. The number of aryl methyl sites for hydroxylation is 1. The van der Waals surface area contributed by atoms with Gasteiger partial charge in [0.05, 0.1) is 22.9 Å². The van der Waals surface area contributed by atoms with E-state index < -0.39 is 5.97 Å². The second-order valence-corrected chi connectivity index (χ2v) is 5.54. The van der Waals surface area contributed by atoms with Gasteiger partial charge < -0.3 is 10.0 Å². The van der Waals surface area contributed by atoms with Crippen LogP contribution < -0.4 is 0 Å². The van der Waals surface area contributed by atoms with Crippen molar-refractivity contribution >= 4 is 27.8 Å². The van der Waals surface area contributed by atoms with Crippen molar-refractivity contribution in [2.24, 2.45) is 0 Å². The van der Waals surface area contributed by atoms with Gasteiger partial charge >= 0.3 is 5.97 Å². The van der Waals surface area contributed by atoms with Crippen LogP contribution >= 0.6 is 15.9 Å². The molecule has 0 aliphatic heterocycles. The van der Waals surface area contributed by atoms with Gasteiger partial charge in [0.25, 0.3) is 0 Å². The zero-order valence-electron chi connectivity index (χ0n) is 12.2. The molecule has 2 rings (SSSR count). The number of carbonyl (C=O) groups is 2. The van der Waals surface area contributed by atoms with Gasteiger partial charge in [-0.15, -0.1) is 0 Å². The van der Waals surface area contributed by atoms with Crippen molar-refractivity contribution < 1.29 is 14.7 Å². The summed E-state index contributed by atoms with van der Waals surface area (Å²) in [5.41, 5.74) is 0.874. The monoisotopic (exact) mass is 369 g/mol. The summed E-state index contributed by atoms with van der Waals surface area (Å²) in [6.45, 7) is 2.92. The fraction of sp³-hybridized carbons (Fsp3) is 0.385. The van der Waals surface area contributed by atoms with Gasteiger partial charge in [-0.3, -0.25) is 9.48 Å². The van der Waals surface area contributed by atoms with Crippen molar-refractivity contribution in [2.45, 2.75) is 26.6 Å². The first-order valence-electron chi connectivity index (χ1n) is 6.63. The maximum Gasteiger partial charge on any atom is 0.354 e. The molecular weight excluding hydrogens is 354 g/mol. The van der Waals surface area contributed by atoms with E-state index in [1.807, 2.05) is 6.92 Å². The maximum absolute atomic E-state index is 12.2. The summed E-state index contributed by atoms with van der Waals surface area (Å²) >= 11 is 3.41. The van der Waals surface area contributed by atoms with E-state index in [1.165, 1.54) is 21.8 Å². The van der Waals surface area contributed by atoms with E-state index in [9.17, 15) is 9.59 Å². The summed E-state index contributed by atoms with van der Waals surface area (Å²) in [4.78, 5) is 24.8. The summed E-state index contributed by atoms with van der Waals surface area (Å²) in [7, 11) is 1.66. The Morgan fingerprint density at radius 1 is 1.36 bits per heavy atom. The summed E-state index contributed by atoms with van der Waals surface area (Å²) in [6, 6.07) is 1.36. The molecule has 0 aromatic carbocycles. The molecule has 0 spiro atoms. The van der Waals surface area contributed by atoms with Crippen LogP contribution in [0.3, 0.4) is 0 Å². The third kappa shape index (κ3) is 3.35. The quantitative estimate of drug-likeness (QED) is 0.825. The third-order valence-electron chi connectivity index (χ3n) is 3.23. The Balaban J connectivity index is 2.08. The smallest absolute Gasteiger partial charge is 0.354 e. The van der Waals surface area contributed by atoms with Gasteiger partial charge in [0.2, 0.25) is 5.91 Å². The second-order valence-electron chi connectivity index (χ2n) is 4.68.